The van der Waals surface area contributed by atoms with E-state index in [1.54, 1.807) is 24.3 Å². The first-order valence-corrected chi connectivity index (χ1v) is 6.72. The number of amides is 2. The summed E-state index contributed by atoms with van der Waals surface area (Å²) in [5.74, 6) is -0.427. The molecule has 0 aliphatic carbocycles. The van der Waals surface area contributed by atoms with E-state index < -0.39 is 24.1 Å². The van der Waals surface area contributed by atoms with E-state index in [0.717, 1.165) is 4.90 Å². The highest BCUT2D eigenvalue weighted by Crippen LogP contribution is 2.21. The van der Waals surface area contributed by atoms with Crippen LogP contribution in [0.4, 0.5) is 10.5 Å². The van der Waals surface area contributed by atoms with E-state index in [1.165, 1.54) is 0 Å². The third-order valence-corrected chi connectivity index (χ3v) is 3.24. The SMILES string of the molecule is CCOc1ccc(NC(=O)N2C[C@H](O)C[C@@H]2C(=O)O)cc1. The molecule has 2 rings (SSSR count). The number of benzene rings is 1. The summed E-state index contributed by atoms with van der Waals surface area (Å²) in [5, 5.41) is 21.2. The first-order valence-electron chi connectivity index (χ1n) is 6.72. The monoisotopic (exact) mass is 294 g/mol. The molecule has 0 unspecified atom stereocenters. The molecule has 0 radical (unpaired) electrons. The van der Waals surface area contributed by atoms with Gasteiger partial charge in [-0.3, -0.25) is 0 Å². The summed E-state index contributed by atoms with van der Waals surface area (Å²) < 4.78 is 5.29. The van der Waals surface area contributed by atoms with Gasteiger partial charge in [0.1, 0.15) is 11.8 Å². The Kier molecular flexibility index (Phi) is 4.64. The highest BCUT2D eigenvalue weighted by molar-refractivity contribution is 5.92. The van der Waals surface area contributed by atoms with Crippen molar-refractivity contribution in [2.75, 3.05) is 18.5 Å². The molecule has 0 spiro atoms. The molecule has 1 aromatic carbocycles. The van der Waals surface area contributed by atoms with Crippen molar-refractivity contribution in [1.82, 2.24) is 4.90 Å². The number of urea groups is 1. The Morgan fingerprint density at radius 2 is 2.05 bits per heavy atom. The zero-order valence-electron chi connectivity index (χ0n) is 11.7. The van der Waals surface area contributed by atoms with Crippen molar-refractivity contribution < 1.29 is 24.5 Å². The highest BCUT2D eigenvalue weighted by atomic mass is 16.5. The summed E-state index contributed by atoms with van der Waals surface area (Å²) in [6.07, 6.45) is -0.761. The van der Waals surface area contributed by atoms with Crippen molar-refractivity contribution in [3.8, 4) is 5.75 Å². The predicted octanol–water partition coefficient (Wildman–Crippen LogP) is 1.14. The third kappa shape index (κ3) is 3.63. The number of likely N-dealkylation sites (tertiary alicyclic amines) is 1. The minimum Gasteiger partial charge on any atom is -0.494 e. The van der Waals surface area contributed by atoms with E-state index >= 15 is 0 Å². The van der Waals surface area contributed by atoms with Crippen molar-refractivity contribution >= 4 is 17.7 Å². The minimum atomic E-state index is -1.12. The zero-order valence-corrected chi connectivity index (χ0v) is 11.7. The molecule has 2 atom stereocenters. The number of aliphatic hydroxyl groups is 1. The smallest absolute Gasteiger partial charge is 0.326 e. The van der Waals surface area contributed by atoms with Gasteiger partial charge in [-0.05, 0) is 31.2 Å². The Balaban J connectivity index is 2.01. The lowest BCUT2D eigenvalue weighted by molar-refractivity contribution is -0.141. The average molecular weight is 294 g/mol. The van der Waals surface area contributed by atoms with Gasteiger partial charge in [0.05, 0.1) is 12.7 Å². The van der Waals surface area contributed by atoms with Crippen molar-refractivity contribution in [2.45, 2.75) is 25.5 Å². The Morgan fingerprint density at radius 3 is 2.62 bits per heavy atom. The van der Waals surface area contributed by atoms with E-state index in [-0.39, 0.29) is 13.0 Å². The van der Waals surface area contributed by atoms with Gasteiger partial charge < -0.3 is 25.2 Å². The fraction of sp³-hybridized carbons (Fsp3) is 0.429. The molecule has 1 aliphatic rings. The summed E-state index contributed by atoms with van der Waals surface area (Å²) in [4.78, 5) is 24.3. The van der Waals surface area contributed by atoms with Gasteiger partial charge in [0.15, 0.2) is 0 Å². The van der Waals surface area contributed by atoms with Gasteiger partial charge in [-0.1, -0.05) is 0 Å². The van der Waals surface area contributed by atoms with E-state index in [1.807, 2.05) is 6.92 Å². The van der Waals surface area contributed by atoms with Gasteiger partial charge in [-0.2, -0.15) is 0 Å². The van der Waals surface area contributed by atoms with E-state index in [4.69, 9.17) is 9.84 Å². The standard InChI is InChI=1S/C14H18N2O5/c1-2-21-11-5-3-9(4-6-11)15-14(20)16-8-10(17)7-12(16)13(18)19/h3-6,10,12,17H,2,7-8H2,1H3,(H,15,20)(H,18,19)/t10-,12-/m1/s1. The molecule has 7 nitrogen and oxygen atoms in total. The topological polar surface area (TPSA) is 99.1 Å². The van der Waals surface area contributed by atoms with Gasteiger partial charge in [0.2, 0.25) is 0 Å². The second-order valence-electron chi connectivity index (χ2n) is 4.78. The molecule has 1 aliphatic heterocycles. The third-order valence-electron chi connectivity index (χ3n) is 3.24. The van der Waals surface area contributed by atoms with Crippen molar-refractivity contribution in [3.63, 3.8) is 0 Å². The largest absolute Gasteiger partial charge is 0.494 e. The Bertz CT molecular complexity index is 517. The van der Waals surface area contributed by atoms with Crippen LogP contribution in [0.5, 0.6) is 5.75 Å². The van der Waals surface area contributed by atoms with Gasteiger partial charge in [0.25, 0.3) is 0 Å². The first kappa shape index (κ1) is 15.1. The Morgan fingerprint density at radius 1 is 1.38 bits per heavy atom. The van der Waals surface area contributed by atoms with Crippen LogP contribution in [0, 0.1) is 0 Å². The van der Waals surface area contributed by atoms with Gasteiger partial charge >= 0.3 is 12.0 Å². The highest BCUT2D eigenvalue weighted by Gasteiger charge is 2.38. The predicted molar refractivity (Wildman–Crippen MR) is 75.4 cm³/mol. The van der Waals surface area contributed by atoms with Crippen LogP contribution >= 0.6 is 0 Å². The maximum Gasteiger partial charge on any atom is 0.326 e. The van der Waals surface area contributed by atoms with Crippen LogP contribution in [0.25, 0.3) is 0 Å². The molecular weight excluding hydrogens is 276 g/mol. The van der Waals surface area contributed by atoms with E-state index in [9.17, 15) is 14.7 Å². The molecule has 21 heavy (non-hydrogen) atoms. The number of ether oxygens (including phenoxy) is 1. The molecular formula is C14H18N2O5. The maximum atomic E-state index is 12.1. The summed E-state index contributed by atoms with van der Waals surface area (Å²) in [5.41, 5.74) is 0.536. The number of hydrogen-bond acceptors (Lipinski definition) is 4. The molecule has 3 N–H and O–H groups in total. The second kappa shape index (κ2) is 6.45. The van der Waals surface area contributed by atoms with Crippen LogP contribution in [0.3, 0.4) is 0 Å². The molecule has 1 aromatic rings. The molecule has 114 valence electrons. The normalized spacial score (nSPS) is 21.1. The van der Waals surface area contributed by atoms with Crippen LogP contribution in [0.2, 0.25) is 0 Å². The lowest BCUT2D eigenvalue weighted by Crippen LogP contribution is -2.43. The number of carbonyl (C=O) groups excluding carboxylic acids is 1. The fourth-order valence-corrected chi connectivity index (χ4v) is 2.27. The number of nitrogens with zero attached hydrogens (tertiary/aromatic N) is 1. The van der Waals surface area contributed by atoms with Gasteiger partial charge in [-0.15, -0.1) is 0 Å². The van der Waals surface area contributed by atoms with E-state index in [0.29, 0.717) is 18.0 Å². The van der Waals surface area contributed by atoms with Gasteiger partial charge in [0, 0.05) is 18.7 Å². The number of rotatable bonds is 4. The molecule has 7 heteroatoms. The summed E-state index contributed by atoms with van der Waals surface area (Å²) in [7, 11) is 0. The molecule has 0 aromatic heterocycles. The lowest BCUT2D eigenvalue weighted by atomic mass is 10.2. The number of hydrogen-bond donors (Lipinski definition) is 3. The van der Waals surface area contributed by atoms with Crippen molar-refractivity contribution in [3.05, 3.63) is 24.3 Å². The minimum absolute atomic E-state index is 0.0137. The molecule has 1 fully saturated rings. The van der Waals surface area contributed by atoms with Crippen molar-refractivity contribution in [1.29, 1.82) is 0 Å². The number of carboxylic acids is 1. The van der Waals surface area contributed by atoms with Crippen LogP contribution in [-0.2, 0) is 4.79 Å². The first-order chi connectivity index (χ1) is 10.0. The Hall–Kier alpha value is -2.28. The number of anilines is 1. The summed E-state index contributed by atoms with van der Waals surface area (Å²) in [6.45, 7) is 2.44. The molecule has 1 heterocycles. The average Bonchev–Trinajstić information content (AvgIpc) is 2.84. The fourth-order valence-electron chi connectivity index (χ4n) is 2.27. The molecule has 0 saturated carbocycles. The van der Waals surface area contributed by atoms with Crippen molar-refractivity contribution in [2.24, 2.45) is 0 Å². The molecule has 0 bridgehead atoms. The molecule has 1 saturated heterocycles. The number of β-amino-alcohol motifs (C(OH)–C–C–N with tert-alkyl or cyclic N) is 1. The van der Waals surface area contributed by atoms with Crippen LogP contribution < -0.4 is 10.1 Å². The number of carboxylic acid groups (broad SMARTS) is 1. The van der Waals surface area contributed by atoms with Crippen LogP contribution in [0.15, 0.2) is 24.3 Å². The quantitative estimate of drug-likeness (QED) is 0.773. The second-order valence-corrected chi connectivity index (χ2v) is 4.78. The zero-order chi connectivity index (χ0) is 15.4. The van der Waals surface area contributed by atoms with Crippen LogP contribution in [-0.4, -0.2) is 52.4 Å². The summed E-state index contributed by atoms with van der Waals surface area (Å²) in [6, 6.07) is 5.24. The number of nitrogens with one attached hydrogen (secondary N) is 1. The number of aliphatic carboxylic acids is 1. The lowest BCUT2D eigenvalue weighted by Gasteiger charge is -2.21. The Labute approximate surface area is 122 Å². The van der Waals surface area contributed by atoms with Gasteiger partial charge in [-0.25, -0.2) is 9.59 Å². The molecule has 2 amide bonds. The number of carbonyl (C=O) groups is 2. The van der Waals surface area contributed by atoms with Crippen LogP contribution in [0.1, 0.15) is 13.3 Å². The summed E-state index contributed by atoms with van der Waals surface area (Å²) >= 11 is 0. The maximum absolute atomic E-state index is 12.1. The number of aliphatic hydroxyl groups excluding tert-OH is 1. The van der Waals surface area contributed by atoms with E-state index in [2.05, 4.69) is 5.32 Å².